The summed E-state index contributed by atoms with van der Waals surface area (Å²) in [6.07, 6.45) is 4.06. The number of hydrogen-bond acceptors (Lipinski definition) is 7. The molecule has 0 saturated carbocycles. The van der Waals surface area contributed by atoms with Gasteiger partial charge in [-0.05, 0) is 30.7 Å². The monoisotopic (exact) mass is 456 g/mol. The van der Waals surface area contributed by atoms with Crippen LogP contribution in [0.5, 0.6) is 28.7 Å². The Morgan fingerprint density at radius 1 is 0.758 bits per heavy atom. The first-order valence-corrected chi connectivity index (χ1v) is 11.3. The highest BCUT2D eigenvalue weighted by atomic mass is 16.5. The summed E-state index contributed by atoms with van der Waals surface area (Å²) < 4.78 is 28.1. The van der Waals surface area contributed by atoms with Crippen LogP contribution < -0.4 is 23.7 Å². The molecule has 0 unspecified atom stereocenters. The molecular weight excluding hydrogens is 420 g/mol. The Kier molecular flexibility index (Phi) is 9.27. The molecule has 0 spiro atoms. The zero-order valence-corrected chi connectivity index (χ0v) is 20.4. The zero-order chi connectivity index (χ0) is 23.6. The largest absolute Gasteiger partial charge is 0.493 e. The molecule has 1 fully saturated rings. The number of nitrogens with zero attached hydrogens (tertiary/aromatic N) is 2. The standard InChI is InChI=1S/C26H36N2O5/c1-6-7-20-8-10-22(24(18-20)30-3)33-17-16-27-12-14-28(15-13-27)19-21-9-11-23(29-2)26(32-5)25(21)31-4/h6-11,18H,12-17,19H2,1-5H3. The second-order valence-corrected chi connectivity index (χ2v) is 7.87. The van der Waals surface area contributed by atoms with Crippen LogP contribution in [-0.2, 0) is 6.54 Å². The van der Waals surface area contributed by atoms with Gasteiger partial charge in [-0.15, -0.1) is 0 Å². The lowest BCUT2D eigenvalue weighted by Crippen LogP contribution is -2.47. The van der Waals surface area contributed by atoms with Crippen molar-refractivity contribution in [2.24, 2.45) is 0 Å². The Hall–Kier alpha value is -2.90. The van der Waals surface area contributed by atoms with Gasteiger partial charge >= 0.3 is 0 Å². The molecule has 0 N–H and O–H groups in total. The molecule has 3 rings (SSSR count). The van der Waals surface area contributed by atoms with Gasteiger partial charge in [0, 0.05) is 44.8 Å². The highest BCUT2D eigenvalue weighted by Gasteiger charge is 2.21. The van der Waals surface area contributed by atoms with Crippen molar-refractivity contribution in [1.29, 1.82) is 0 Å². The molecule has 0 aliphatic carbocycles. The van der Waals surface area contributed by atoms with E-state index in [4.69, 9.17) is 23.7 Å². The molecule has 2 aromatic rings. The van der Waals surface area contributed by atoms with Crippen LogP contribution in [0.25, 0.3) is 6.08 Å². The van der Waals surface area contributed by atoms with Gasteiger partial charge in [0.15, 0.2) is 23.0 Å². The minimum absolute atomic E-state index is 0.628. The Bertz CT molecular complexity index is 923. The van der Waals surface area contributed by atoms with E-state index in [2.05, 4.69) is 15.9 Å². The van der Waals surface area contributed by atoms with E-state index in [-0.39, 0.29) is 0 Å². The molecule has 0 amide bonds. The summed E-state index contributed by atoms with van der Waals surface area (Å²) in [6, 6.07) is 10.00. The number of allylic oxidation sites excluding steroid dienone is 1. The van der Waals surface area contributed by atoms with Crippen molar-refractivity contribution in [2.75, 3.05) is 67.8 Å². The predicted molar refractivity (Wildman–Crippen MR) is 131 cm³/mol. The predicted octanol–water partition coefficient (Wildman–Crippen LogP) is 3.95. The molecule has 33 heavy (non-hydrogen) atoms. The van der Waals surface area contributed by atoms with Crippen molar-refractivity contribution in [2.45, 2.75) is 13.5 Å². The Morgan fingerprint density at radius 2 is 1.42 bits per heavy atom. The quantitative estimate of drug-likeness (QED) is 0.507. The average molecular weight is 457 g/mol. The Balaban J connectivity index is 1.49. The van der Waals surface area contributed by atoms with Crippen LogP contribution >= 0.6 is 0 Å². The SMILES string of the molecule is CC=Cc1ccc(OCCN2CCN(Cc3ccc(OC)c(OC)c3OC)CC2)c(OC)c1. The molecule has 1 saturated heterocycles. The van der Waals surface area contributed by atoms with Crippen LogP contribution in [0.3, 0.4) is 0 Å². The van der Waals surface area contributed by atoms with Gasteiger partial charge in [-0.25, -0.2) is 0 Å². The highest BCUT2D eigenvalue weighted by Crippen LogP contribution is 2.40. The highest BCUT2D eigenvalue weighted by molar-refractivity contribution is 5.56. The average Bonchev–Trinajstić information content (AvgIpc) is 2.85. The molecule has 1 heterocycles. The van der Waals surface area contributed by atoms with Gasteiger partial charge in [0.1, 0.15) is 6.61 Å². The fourth-order valence-corrected chi connectivity index (χ4v) is 4.08. The molecule has 7 nitrogen and oxygen atoms in total. The van der Waals surface area contributed by atoms with Crippen LogP contribution in [0.2, 0.25) is 0 Å². The third-order valence-corrected chi connectivity index (χ3v) is 5.86. The zero-order valence-electron chi connectivity index (χ0n) is 20.4. The summed E-state index contributed by atoms with van der Waals surface area (Å²) in [6.45, 7) is 8.28. The number of piperazine rings is 1. The van der Waals surface area contributed by atoms with Gasteiger partial charge in [-0.3, -0.25) is 9.80 Å². The van der Waals surface area contributed by atoms with Crippen LogP contribution in [0, 0.1) is 0 Å². The fraction of sp³-hybridized carbons (Fsp3) is 0.462. The maximum atomic E-state index is 6.02. The Labute approximate surface area is 197 Å². The number of methoxy groups -OCH3 is 4. The minimum Gasteiger partial charge on any atom is -0.493 e. The summed E-state index contributed by atoms with van der Waals surface area (Å²) in [7, 11) is 6.61. The smallest absolute Gasteiger partial charge is 0.203 e. The van der Waals surface area contributed by atoms with Gasteiger partial charge in [0.2, 0.25) is 5.75 Å². The summed E-state index contributed by atoms with van der Waals surface area (Å²) in [5.74, 6) is 3.60. The lowest BCUT2D eigenvalue weighted by atomic mass is 10.1. The number of rotatable bonds is 11. The van der Waals surface area contributed by atoms with Crippen LogP contribution in [0.1, 0.15) is 18.1 Å². The number of benzene rings is 2. The Morgan fingerprint density at radius 3 is 2.06 bits per heavy atom. The summed E-state index contributed by atoms with van der Waals surface area (Å²) >= 11 is 0. The van der Waals surface area contributed by atoms with Gasteiger partial charge in [0.05, 0.1) is 28.4 Å². The summed E-state index contributed by atoms with van der Waals surface area (Å²) in [5, 5.41) is 0. The van der Waals surface area contributed by atoms with Crippen LogP contribution in [-0.4, -0.2) is 77.6 Å². The molecular formula is C26H36N2O5. The number of hydrogen-bond donors (Lipinski definition) is 0. The van der Waals surface area contributed by atoms with E-state index in [0.717, 1.165) is 67.6 Å². The van der Waals surface area contributed by atoms with Crippen molar-refractivity contribution in [1.82, 2.24) is 9.80 Å². The minimum atomic E-state index is 0.628. The summed E-state index contributed by atoms with van der Waals surface area (Å²) in [5.41, 5.74) is 2.20. The normalized spacial score (nSPS) is 14.9. The molecule has 7 heteroatoms. The van der Waals surface area contributed by atoms with E-state index >= 15 is 0 Å². The molecule has 0 radical (unpaired) electrons. The first kappa shape index (κ1) is 24.7. The van der Waals surface area contributed by atoms with Crippen LogP contribution in [0.4, 0.5) is 0 Å². The van der Waals surface area contributed by atoms with E-state index in [0.29, 0.717) is 18.1 Å². The third-order valence-electron chi connectivity index (χ3n) is 5.86. The topological polar surface area (TPSA) is 52.6 Å². The van der Waals surface area contributed by atoms with Crippen molar-refractivity contribution in [3.8, 4) is 28.7 Å². The first-order valence-electron chi connectivity index (χ1n) is 11.3. The van der Waals surface area contributed by atoms with Crippen molar-refractivity contribution >= 4 is 6.08 Å². The van der Waals surface area contributed by atoms with E-state index in [9.17, 15) is 0 Å². The molecule has 0 aromatic heterocycles. The van der Waals surface area contributed by atoms with E-state index < -0.39 is 0 Å². The molecule has 1 aliphatic rings. The van der Waals surface area contributed by atoms with Crippen molar-refractivity contribution < 1.29 is 23.7 Å². The van der Waals surface area contributed by atoms with Gasteiger partial charge < -0.3 is 23.7 Å². The number of ether oxygens (including phenoxy) is 5. The van der Waals surface area contributed by atoms with Gasteiger partial charge in [-0.2, -0.15) is 0 Å². The third kappa shape index (κ3) is 6.33. The second-order valence-electron chi connectivity index (χ2n) is 7.87. The molecule has 2 aromatic carbocycles. The van der Waals surface area contributed by atoms with Crippen LogP contribution in [0.15, 0.2) is 36.4 Å². The first-order chi connectivity index (χ1) is 16.1. The molecule has 0 atom stereocenters. The maximum absolute atomic E-state index is 6.02. The lowest BCUT2D eigenvalue weighted by molar-refractivity contribution is 0.111. The van der Waals surface area contributed by atoms with E-state index in [1.54, 1.807) is 28.4 Å². The van der Waals surface area contributed by atoms with E-state index in [1.807, 2.05) is 43.3 Å². The van der Waals surface area contributed by atoms with Crippen molar-refractivity contribution in [3.05, 3.63) is 47.5 Å². The van der Waals surface area contributed by atoms with Gasteiger partial charge in [-0.1, -0.05) is 24.3 Å². The molecule has 1 aliphatic heterocycles. The summed E-state index contributed by atoms with van der Waals surface area (Å²) in [4.78, 5) is 4.87. The van der Waals surface area contributed by atoms with Crippen molar-refractivity contribution in [3.63, 3.8) is 0 Å². The van der Waals surface area contributed by atoms with E-state index in [1.165, 1.54) is 0 Å². The van der Waals surface area contributed by atoms with Gasteiger partial charge in [0.25, 0.3) is 0 Å². The molecule has 0 bridgehead atoms. The molecule has 180 valence electrons. The lowest BCUT2D eigenvalue weighted by Gasteiger charge is -2.35. The maximum Gasteiger partial charge on any atom is 0.203 e. The fourth-order valence-electron chi connectivity index (χ4n) is 4.08. The second kappa shape index (κ2) is 12.4.